The van der Waals surface area contributed by atoms with Gasteiger partial charge in [0, 0.05) is 12.8 Å². The first-order chi connectivity index (χ1) is 7.75. The van der Waals surface area contributed by atoms with Gasteiger partial charge in [-0.3, -0.25) is 9.59 Å². The molecule has 1 saturated carbocycles. The summed E-state index contributed by atoms with van der Waals surface area (Å²) in [5.74, 6) is -0.256. The molecule has 88 valence electrons. The minimum absolute atomic E-state index is 0.157. The van der Waals surface area contributed by atoms with Gasteiger partial charge in [0.1, 0.15) is 12.4 Å². The monoisotopic (exact) mass is 224 g/mol. The fourth-order valence-electron chi connectivity index (χ4n) is 1.85. The third-order valence-corrected chi connectivity index (χ3v) is 3.01. The van der Waals surface area contributed by atoms with Gasteiger partial charge in [-0.05, 0) is 18.9 Å². The number of hydrogen-bond donors (Lipinski definition) is 0. The van der Waals surface area contributed by atoms with Gasteiger partial charge in [0.05, 0.1) is 19.1 Å². The summed E-state index contributed by atoms with van der Waals surface area (Å²) >= 11 is 0. The summed E-state index contributed by atoms with van der Waals surface area (Å²) in [6.45, 7) is 1.85. The lowest BCUT2D eigenvalue weighted by Gasteiger charge is -2.21. The average molecular weight is 224 g/mol. The van der Waals surface area contributed by atoms with E-state index in [1.165, 1.54) is 5.57 Å². The zero-order valence-electron chi connectivity index (χ0n) is 9.24. The highest BCUT2D eigenvalue weighted by molar-refractivity contribution is 5.94. The Labute approximate surface area is 94.6 Å². The quantitative estimate of drug-likeness (QED) is 0.534. The van der Waals surface area contributed by atoms with Crippen molar-refractivity contribution in [2.24, 2.45) is 5.92 Å². The predicted molar refractivity (Wildman–Crippen MR) is 56.8 cm³/mol. The van der Waals surface area contributed by atoms with E-state index in [1.54, 1.807) is 0 Å². The van der Waals surface area contributed by atoms with Crippen molar-refractivity contribution in [2.75, 3.05) is 19.8 Å². The molecule has 4 nitrogen and oxygen atoms in total. The molecule has 1 aliphatic heterocycles. The van der Waals surface area contributed by atoms with Crippen molar-refractivity contribution in [3.63, 3.8) is 0 Å². The van der Waals surface area contributed by atoms with Crippen LogP contribution in [0, 0.1) is 5.92 Å². The molecule has 16 heavy (non-hydrogen) atoms. The lowest BCUT2D eigenvalue weighted by molar-refractivity contribution is -0.154. The third-order valence-electron chi connectivity index (χ3n) is 3.01. The Morgan fingerprint density at radius 2 is 2.06 bits per heavy atom. The second kappa shape index (κ2) is 5.25. The van der Waals surface area contributed by atoms with Gasteiger partial charge >= 0.3 is 5.97 Å². The molecule has 0 aromatic heterocycles. The number of carbonyl (C=O) groups is 2. The maximum Gasteiger partial charge on any atom is 0.310 e. The fourth-order valence-corrected chi connectivity index (χ4v) is 1.85. The van der Waals surface area contributed by atoms with Crippen LogP contribution in [0.3, 0.4) is 0 Å². The Kier molecular flexibility index (Phi) is 3.72. The number of carbonyl (C=O) groups excluding carboxylic acids is 2. The van der Waals surface area contributed by atoms with Crippen LogP contribution in [-0.4, -0.2) is 31.6 Å². The number of Topliss-reactive ketones (excluding diaryl/α,β-unsaturated/α-hetero) is 1. The van der Waals surface area contributed by atoms with E-state index in [4.69, 9.17) is 9.47 Å². The van der Waals surface area contributed by atoms with Crippen LogP contribution >= 0.6 is 0 Å². The molecule has 0 unspecified atom stereocenters. The van der Waals surface area contributed by atoms with E-state index in [2.05, 4.69) is 0 Å². The Morgan fingerprint density at radius 3 is 2.69 bits per heavy atom. The summed E-state index contributed by atoms with van der Waals surface area (Å²) in [5, 5.41) is 0. The molecule has 0 amide bonds. The predicted octanol–water partition coefficient (Wildman–Crippen LogP) is 1.25. The fraction of sp³-hybridized carbons (Fsp3) is 0.667. The van der Waals surface area contributed by atoms with Crippen molar-refractivity contribution in [3.05, 3.63) is 11.6 Å². The standard InChI is InChI=1S/C12H16O4/c13-11-7-10(8-11)12(14)16-6-3-9-1-4-15-5-2-9/h3,10H,1-2,4-8H2. The number of esters is 1. The Hall–Kier alpha value is -1.16. The first-order valence-electron chi connectivity index (χ1n) is 5.69. The molecule has 2 rings (SSSR count). The van der Waals surface area contributed by atoms with Crippen molar-refractivity contribution in [1.82, 2.24) is 0 Å². The summed E-state index contributed by atoms with van der Waals surface area (Å²) < 4.78 is 10.3. The molecule has 1 saturated heterocycles. The van der Waals surface area contributed by atoms with Gasteiger partial charge in [-0.25, -0.2) is 0 Å². The molecule has 1 heterocycles. The van der Waals surface area contributed by atoms with E-state index in [9.17, 15) is 9.59 Å². The zero-order valence-corrected chi connectivity index (χ0v) is 9.24. The second-order valence-corrected chi connectivity index (χ2v) is 4.25. The smallest absolute Gasteiger partial charge is 0.310 e. The number of ether oxygens (including phenoxy) is 2. The first-order valence-corrected chi connectivity index (χ1v) is 5.69. The normalized spacial score (nSPS) is 21.5. The van der Waals surface area contributed by atoms with Crippen molar-refractivity contribution in [3.8, 4) is 0 Å². The van der Waals surface area contributed by atoms with Crippen LogP contribution in [0.15, 0.2) is 11.6 Å². The van der Waals surface area contributed by atoms with E-state index in [0.717, 1.165) is 26.1 Å². The van der Waals surface area contributed by atoms with Crippen molar-refractivity contribution < 1.29 is 19.1 Å². The highest BCUT2D eigenvalue weighted by atomic mass is 16.5. The molecule has 0 spiro atoms. The molecule has 0 aromatic rings. The number of ketones is 1. The molecule has 0 N–H and O–H groups in total. The van der Waals surface area contributed by atoms with Gasteiger partial charge in [0.25, 0.3) is 0 Å². The Bertz CT molecular complexity index is 303. The molecule has 1 aliphatic carbocycles. The molecule has 2 aliphatic rings. The lowest BCUT2D eigenvalue weighted by Crippen LogP contribution is -2.31. The molecular formula is C12H16O4. The average Bonchev–Trinajstić information content (AvgIpc) is 2.26. The molecular weight excluding hydrogens is 208 g/mol. The summed E-state index contributed by atoms with van der Waals surface area (Å²) in [6, 6.07) is 0. The van der Waals surface area contributed by atoms with E-state index in [-0.39, 0.29) is 17.7 Å². The van der Waals surface area contributed by atoms with Crippen molar-refractivity contribution >= 4 is 11.8 Å². The van der Waals surface area contributed by atoms with Crippen LogP contribution in [0.5, 0.6) is 0 Å². The minimum Gasteiger partial charge on any atom is -0.461 e. The zero-order chi connectivity index (χ0) is 11.4. The van der Waals surface area contributed by atoms with Crippen molar-refractivity contribution in [1.29, 1.82) is 0 Å². The first kappa shape index (κ1) is 11.3. The van der Waals surface area contributed by atoms with E-state index in [1.807, 2.05) is 6.08 Å². The maximum absolute atomic E-state index is 11.4. The van der Waals surface area contributed by atoms with Gasteiger partial charge in [0.15, 0.2) is 0 Å². The van der Waals surface area contributed by atoms with E-state index >= 15 is 0 Å². The summed E-state index contributed by atoms with van der Waals surface area (Å²) in [6.07, 6.45) is 4.55. The van der Waals surface area contributed by atoms with Crippen LogP contribution in [0.1, 0.15) is 25.7 Å². The van der Waals surface area contributed by atoms with Gasteiger partial charge < -0.3 is 9.47 Å². The molecule has 0 aromatic carbocycles. The van der Waals surface area contributed by atoms with Gasteiger partial charge in [-0.2, -0.15) is 0 Å². The van der Waals surface area contributed by atoms with Crippen LogP contribution in [0.2, 0.25) is 0 Å². The van der Waals surface area contributed by atoms with E-state index in [0.29, 0.717) is 19.4 Å². The molecule has 2 fully saturated rings. The molecule has 4 heteroatoms. The van der Waals surface area contributed by atoms with Crippen LogP contribution in [0.25, 0.3) is 0 Å². The summed E-state index contributed by atoms with van der Waals surface area (Å²) in [7, 11) is 0. The molecule has 0 atom stereocenters. The Balaban J connectivity index is 1.67. The topological polar surface area (TPSA) is 52.6 Å². The highest BCUT2D eigenvalue weighted by Gasteiger charge is 2.33. The lowest BCUT2D eigenvalue weighted by atomic mass is 9.84. The SMILES string of the molecule is O=C1CC(C(=O)OCC=C2CCOCC2)C1. The summed E-state index contributed by atoms with van der Waals surface area (Å²) in [4.78, 5) is 22.1. The van der Waals surface area contributed by atoms with E-state index < -0.39 is 0 Å². The second-order valence-electron chi connectivity index (χ2n) is 4.25. The van der Waals surface area contributed by atoms with Gasteiger partial charge in [-0.15, -0.1) is 0 Å². The van der Waals surface area contributed by atoms with Crippen LogP contribution in [-0.2, 0) is 19.1 Å². The van der Waals surface area contributed by atoms with Gasteiger partial charge in [-0.1, -0.05) is 5.57 Å². The van der Waals surface area contributed by atoms with Gasteiger partial charge in [0.2, 0.25) is 0 Å². The number of rotatable bonds is 3. The Morgan fingerprint density at radius 1 is 1.38 bits per heavy atom. The third kappa shape index (κ3) is 2.92. The maximum atomic E-state index is 11.4. The molecule has 0 radical (unpaired) electrons. The summed E-state index contributed by atoms with van der Waals surface area (Å²) in [5.41, 5.74) is 1.30. The number of hydrogen-bond acceptors (Lipinski definition) is 4. The largest absolute Gasteiger partial charge is 0.461 e. The minimum atomic E-state index is -0.233. The molecule has 0 bridgehead atoms. The van der Waals surface area contributed by atoms with Crippen LogP contribution in [0.4, 0.5) is 0 Å². The highest BCUT2D eigenvalue weighted by Crippen LogP contribution is 2.24. The van der Waals surface area contributed by atoms with Crippen molar-refractivity contribution in [2.45, 2.75) is 25.7 Å². The van der Waals surface area contributed by atoms with Crippen LogP contribution < -0.4 is 0 Å².